The molecule has 0 saturated heterocycles. The summed E-state index contributed by atoms with van der Waals surface area (Å²) in [6.45, 7) is 13.3. The minimum Gasteiger partial charge on any atom is -0.490 e. The Bertz CT molecular complexity index is 408. The number of rotatable bonds is 6. The van der Waals surface area contributed by atoms with E-state index in [1.807, 2.05) is 33.0 Å². The minimum absolute atomic E-state index is 0.100. The molecule has 1 aromatic rings. The molecule has 0 spiro atoms. The summed E-state index contributed by atoms with van der Waals surface area (Å²) < 4.78 is 5.78. The van der Waals surface area contributed by atoms with Gasteiger partial charge in [-0.2, -0.15) is 0 Å². The lowest BCUT2D eigenvalue weighted by molar-refractivity contribution is 0.242. The molecule has 18 heavy (non-hydrogen) atoms. The van der Waals surface area contributed by atoms with Crippen molar-refractivity contribution < 1.29 is 4.74 Å². The average molecular weight is 247 g/mol. The molecular weight excluding hydrogens is 222 g/mol. The monoisotopic (exact) mass is 247 g/mol. The van der Waals surface area contributed by atoms with Crippen LogP contribution in [0.5, 0.6) is 5.75 Å². The van der Waals surface area contributed by atoms with Gasteiger partial charge in [-0.05, 0) is 38.6 Å². The number of nitrogens with one attached hydrogen (secondary N) is 1. The number of hydrogen-bond donors (Lipinski definition) is 1. The Balaban J connectivity index is 3.08. The summed E-state index contributed by atoms with van der Waals surface area (Å²) in [5.74, 6) is 0.906. The van der Waals surface area contributed by atoms with Crippen LogP contribution < -0.4 is 10.1 Å². The fourth-order valence-electron chi connectivity index (χ4n) is 2.03. The summed E-state index contributed by atoms with van der Waals surface area (Å²) in [5.41, 5.74) is 2.45. The average Bonchev–Trinajstić information content (AvgIpc) is 2.28. The predicted octanol–water partition coefficient (Wildman–Crippen LogP) is 3.61. The van der Waals surface area contributed by atoms with Gasteiger partial charge in [0.05, 0.1) is 6.10 Å². The highest BCUT2D eigenvalue weighted by molar-refractivity contribution is 5.57. The molecule has 0 radical (unpaired) electrons. The van der Waals surface area contributed by atoms with Crippen LogP contribution in [0.2, 0.25) is 0 Å². The molecule has 0 aromatic heterocycles. The summed E-state index contributed by atoms with van der Waals surface area (Å²) in [6.07, 6.45) is 2.04. The first-order chi connectivity index (χ1) is 8.40. The molecule has 0 atom stereocenters. The summed E-state index contributed by atoms with van der Waals surface area (Å²) in [6, 6.07) is 6.36. The normalized spacial score (nSPS) is 11.7. The van der Waals surface area contributed by atoms with Gasteiger partial charge in [0.1, 0.15) is 5.75 Å². The van der Waals surface area contributed by atoms with Crippen LogP contribution >= 0.6 is 0 Å². The highest BCUT2D eigenvalue weighted by Crippen LogP contribution is 2.29. The maximum atomic E-state index is 5.78. The van der Waals surface area contributed by atoms with Gasteiger partial charge in [-0.25, -0.2) is 0 Å². The lowest BCUT2D eigenvalue weighted by atomic mass is 9.83. The Morgan fingerprint density at radius 2 is 2.06 bits per heavy atom. The Hall–Kier alpha value is -1.28. The van der Waals surface area contributed by atoms with Crippen LogP contribution in [0, 0.1) is 0 Å². The molecule has 1 rings (SSSR count). The van der Waals surface area contributed by atoms with Crippen LogP contribution in [-0.4, -0.2) is 19.7 Å². The number of benzene rings is 1. The molecule has 0 amide bonds. The fraction of sp³-hybridized carbons (Fsp3) is 0.500. The maximum absolute atomic E-state index is 5.78. The van der Waals surface area contributed by atoms with Gasteiger partial charge in [0, 0.05) is 17.5 Å². The van der Waals surface area contributed by atoms with Crippen molar-refractivity contribution in [2.75, 3.05) is 13.6 Å². The van der Waals surface area contributed by atoms with E-state index in [1.165, 1.54) is 5.56 Å². The fourth-order valence-corrected chi connectivity index (χ4v) is 2.03. The standard InChI is InChI=1S/C16H25NO/c1-7-13-10-14(16(4,5)11-17-6)8-9-15(13)18-12(2)3/h7-10,12,17H,1,11H2,2-6H3. The zero-order chi connectivity index (χ0) is 13.8. The molecule has 0 unspecified atom stereocenters. The van der Waals surface area contributed by atoms with E-state index < -0.39 is 0 Å². The molecule has 0 aliphatic rings. The Kier molecular flexibility index (Phi) is 4.97. The summed E-state index contributed by atoms with van der Waals surface area (Å²) >= 11 is 0. The van der Waals surface area contributed by atoms with Gasteiger partial charge in [0.2, 0.25) is 0 Å². The molecule has 0 heterocycles. The molecule has 2 heteroatoms. The van der Waals surface area contributed by atoms with Crippen LogP contribution in [0.1, 0.15) is 38.8 Å². The molecule has 1 aromatic carbocycles. The molecule has 0 aliphatic carbocycles. The van der Waals surface area contributed by atoms with Gasteiger partial charge < -0.3 is 10.1 Å². The molecule has 1 N–H and O–H groups in total. The van der Waals surface area contributed by atoms with Crippen molar-refractivity contribution in [3.05, 3.63) is 35.9 Å². The quantitative estimate of drug-likeness (QED) is 0.829. The van der Waals surface area contributed by atoms with Gasteiger partial charge in [0.15, 0.2) is 0 Å². The largest absolute Gasteiger partial charge is 0.490 e. The third-order valence-corrected chi connectivity index (χ3v) is 2.99. The van der Waals surface area contributed by atoms with Gasteiger partial charge in [0.25, 0.3) is 0 Å². The summed E-state index contributed by atoms with van der Waals surface area (Å²) in [5, 5.41) is 3.23. The van der Waals surface area contributed by atoms with Gasteiger partial charge >= 0.3 is 0 Å². The Morgan fingerprint density at radius 1 is 1.39 bits per heavy atom. The Labute approximate surface area is 111 Å². The second kappa shape index (κ2) is 6.05. The second-order valence-corrected chi connectivity index (χ2v) is 5.54. The maximum Gasteiger partial charge on any atom is 0.126 e. The SMILES string of the molecule is C=Cc1cc(C(C)(C)CNC)ccc1OC(C)C. The van der Waals surface area contributed by atoms with E-state index in [1.54, 1.807) is 0 Å². The van der Waals surface area contributed by atoms with Crippen molar-refractivity contribution in [3.8, 4) is 5.75 Å². The lowest BCUT2D eigenvalue weighted by Gasteiger charge is -2.26. The third-order valence-electron chi connectivity index (χ3n) is 2.99. The molecule has 2 nitrogen and oxygen atoms in total. The minimum atomic E-state index is 0.100. The van der Waals surface area contributed by atoms with Crippen molar-refractivity contribution >= 4 is 6.08 Å². The topological polar surface area (TPSA) is 21.3 Å². The van der Waals surface area contributed by atoms with E-state index in [2.05, 4.69) is 37.9 Å². The van der Waals surface area contributed by atoms with Gasteiger partial charge in [-0.15, -0.1) is 0 Å². The first-order valence-electron chi connectivity index (χ1n) is 6.49. The third kappa shape index (κ3) is 3.61. The van der Waals surface area contributed by atoms with Crippen LogP contribution in [0.3, 0.4) is 0 Å². The molecule has 100 valence electrons. The zero-order valence-corrected chi connectivity index (χ0v) is 12.2. The highest BCUT2D eigenvalue weighted by atomic mass is 16.5. The highest BCUT2D eigenvalue weighted by Gasteiger charge is 2.20. The van der Waals surface area contributed by atoms with E-state index in [0.29, 0.717) is 0 Å². The molecule has 0 saturated carbocycles. The smallest absolute Gasteiger partial charge is 0.126 e. The van der Waals surface area contributed by atoms with E-state index in [0.717, 1.165) is 17.9 Å². The van der Waals surface area contributed by atoms with E-state index >= 15 is 0 Å². The number of ether oxygens (including phenoxy) is 1. The molecular formula is C16H25NO. The molecule has 0 bridgehead atoms. The van der Waals surface area contributed by atoms with Crippen LogP contribution in [0.25, 0.3) is 6.08 Å². The van der Waals surface area contributed by atoms with Gasteiger partial charge in [-0.1, -0.05) is 32.6 Å². The van der Waals surface area contributed by atoms with Crippen molar-refractivity contribution in [2.45, 2.75) is 39.2 Å². The lowest BCUT2D eigenvalue weighted by Crippen LogP contribution is -2.30. The van der Waals surface area contributed by atoms with Gasteiger partial charge in [-0.3, -0.25) is 0 Å². The second-order valence-electron chi connectivity index (χ2n) is 5.54. The predicted molar refractivity (Wildman–Crippen MR) is 79.2 cm³/mol. The first kappa shape index (κ1) is 14.8. The van der Waals surface area contributed by atoms with Crippen LogP contribution in [-0.2, 0) is 5.41 Å². The number of hydrogen-bond acceptors (Lipinski definition) is 2. The summed E-state index contributed by atoms with van der Waals surface area (Å²) in [4.78, 5) is 0. The summed E-state index contributed by atoms with van der Waals surface area (Å²) in [7, 11) is 1.98. The van der Waals surface area contributed by atoms with Crippen molar-refractivity contribution in [1.82, 2.24) is 5.32 Å². The van der Waals surface area contributed by atoms with Crippen molar-refractivity contribution in [2.24, 2.45) is 0 Å². The molecule has 0 aliphatic heterocycles. The van der Waals surface area contributed by atoms with E-state index in [4.69, 9.17) is 4.74 Å². The van der Waals surface area contributed by atoms with Crippen LogP contribution in [0.15, 0.2) is 24.8 Å². The first-order valence-corrected chi connectivity index (χ1v) is 6.49. The van der Waals surface area contributed by atoms with Crippen LogP contribution in [0.4, 0.5) is 0 Å². The Morgan fingerprint density at radius 3 is 2.56 bits per heavy atom. The van der Waals surface area contributed by atoms with Crippen molar-refractivity contribution in [3.63, 3.8) is 0 Å². The van der Waals surface area contributed by atoms with E-state index in [-0.39, 0.29) is 11.5 Å². The number of likely N-dealkylation sites (N-methyl/N-ethyl adjacent to an activating group) is 1. The van der Waals surface area contributed by atoms with Crippen molar-refractivity contribution in [1.29, 1.82) is 0 Å². The molecule has 0 fully saturated rings. The zero-order valence-electron chi connectivity index (χ0n) is 12.2. The van der Waals surface area contributed by atoms with E-state index in [9.17, 15) is 0 Å².